The maximum atomic E-state index is 11.9. The van der Waals surface area contributed by atoms with Crippen LogP contribution in [-0.4, -0.2) is 48.6 Å². The van der Waals surface area contributed by atoms with E-state index in [2.05, 4.69) is 0 Å². The minimum absolute atomic E-state index is 0.353. The molecule has 1 saturated heterocycles. The quantitative estimate of drug-likeness (QED) is 0.723. The molecule has 0 aromatic rings. The second-order valence-electron chi connectivity index (χ2n) is 5.10. The highest BCUT2D eigenvalue weighted by molar-refractivity contribution is 5.77. The van der Waals surface area contributed by atoms with Gasteiger partial charge in [0.15, 0.2) is 0 Å². The molecular formula is C12H21N3O3. The summed E-state index contributed by atoms with van der Waals surface area (Å²) in [5, 5.41) is 7.23. The van der Waals surface area contributed by atoms with Gasteiger partial charge in [0.25, 0.3) is 0 Å². The Morgan fingerprint density at radius 3 is 2.72 bits per heavy atom. The van der Waals surface area contributed by atoms with Crippen LogP contribution in [0.25, 0.3) is 0 Å². The van der Waals surface area contributed by atoms with Crippen LogP contribution >= 0.6 is 0 Å². The van der Waals surface area contributed by atoms with Gasteiger partial charge in [0, 0.05) is 24.5 Å². The van der Waals surface area contributed by atoms with E-state index in [9.17, 15) is 4.79 Å². The van der Waals surface area contributed by atoms with Gasteiger partial charge in [-0.15, -0.1) is 0 Å². The molecule has 0 aromatic carbocycles. The highest BCUT2D eigenvalue weighted by atomic mass is 16.6. The van der Waals surface area contributed by atoms with Gasteiger partial charge in [0.1, 0.15) is 11.7 Å². The molecule has 6 heteroatoms. The Labute approximate surface area is 107 Å². The fourth-order valence-electron chi connectivity index (χ4n) is 1.59. The Morgan fingerprint density at radius 2 is 2.22 bits per heavy atom. The number of ether oxygens (including phenoxy) is 2. The van der Waals surface area contributed by atoms with Gasteiger partial charge in [-0.3, -0.25) is 0 Å². The summed E-state index contributed by atoms with van der Waals surface area (Å²) in [6, 6.07) is 0. The van der Waals surface area contributed by atoms with Crippen LogP contribution in [0.4, 0.5) is 4.79 Å². The topological polar surface area (TPSA) is 88.6 Å². The third kappa shape index (κ3) is 4.03. The van der Waals surface area contributed by atoms with Crippen molar-refractivity contribution >= 4 is 12.3 Å². The first kappa shape index (κ1) is 14.5. The van der Waals surface area contributed by atoms with E-state index in [0.29, 0.717) is 25.3 Å². The molecule has 1 rings (SSSR count). The summed E-state index contributed by atoms with van der Waals surface area (Å²) < 4.78 is 10.8. The summed E-state index contributed by atoms with van der Waals surface area (Å²) >= 11 is 0. The molecule has 0 spiro atoms. The fraction of sp³-hybridized carbons (Fsp3) is 0.667. The summed E-state index contributed by atoms with van der Waals surface area (Å²) in [5.74, 6) is 0. The van der Waals surface area contributed by atoms with Crippen molar-refractivity contribution in [3.05, 3.63) is 11.8 Å². The van der Waals surface area contributed by atoms with E-state index in [0.717, 1.165) is 6.21 Å². The summed E-state index contributed by atoms with van der Waals surface area (Å²) in [4.78, 5) is 13.5. The number of amides is 1. The number of carbonyl (C=O) groups excluding carboxylic acids is 1. The molecular weight excluding hydrogens is 234 g/mol. The van der Waals surface area contributed by atoms with Gasteiger partial charge in [0.2, 0.25) is 0 Å². The van der Waals surface area contributed by atoms with Crippen LogP contribution in [0.15, 0.2) is 11.8 Å². The zero-order valence-electron chi connectivity index (χ0n) is 11.1. The lowest BCUT2D eigenvalue weighted by atomic mass is 10.1. The minimum atomic E-state index is -0.515. The van der Waals surface area contributed by atoms with E-state index in [1.54, 1.807) is 4.90 Å². The Morgan fingerprint density at radius 1 is 1.56 bits per heavy atom. The second kappa shape index (κ2) is 5.86. The van der Waals surface area contributed by atoms with Crippen molar-refractivity contribution in [3.63, 3.8) is 0 Å². The van der Waals surface area contributed by atoms with Gasteiger partial charge in [0.05, 0.1) is 13.2 Å². The fourth-order valence-corrected chi connectivity index (χ4v) is 1.59. The molecule has 1 amide bonds. The van der Waals surface area contributed by atoms with Crippen LogP contribution in [-0.2, 0) is 9.47 Å². The van der Waals surface area contributed by atoms with Gasteiger partial charge >= 0.3 is 6.09 Å². The first-order valence-electron chi connectivity index (χ1n) is 5.89. The number of hydrogen-bond donors (Lipinski definition) is 2. The van der Waals surface area contributed by atoms with Crippen molar-refractivity contribution in [1.82, 2.24) is 4.90 Å². The maximum Gasteiger partial charge on any atom is 0.410 e. The summed E-state index contributed by atoms with van der Waals surface area (Å²) in [7, 11) is 0. The maximum absolute atomic E-state index is 11.9. The van der Waals surface area contributed by atoms with Gasteiger partial charge < -0.3 is 25.5 Å². The van der Waals surface area contributed by atoms with E-state index in [4.69, 9.17) is 20.6 Å². The van der Waals surface area contributed by atoms with E-state index in [1.807, 2.05) is 20.8 Å². The SMILES string of the molecule is CC(C)(C)OC(=O)N1CCOC(/C(C=N)=C/N)C1. The molecule has 1 heterocycles. The first-order chi connectivity index (χ1) is 8.37. The molecule has 6 nitrogen and oxygen atoms in total. The van der Waals surface area contributed by atoms with Gasteiger partial charge in [-0.1, -0.05) is 0 Å². The average Bonchev–Trinajstić information content (AvgIpc) is 2.29. The zero-order valence-corrected chi connectivity index (χ0v) is 11.1. The van der Waals surface area contributed by atoms with Crippen molar-refractivity contribution < 1.29 is 14.3 Å². The average molecular weight is 255 g/mol. The number of carbonyl (C=O) groups is 1. The Balaban J connectivity index is 2.64. The van der Waals surface area contributed by atoms with Gasteiger partial charge in [-0.05, 0) is 20.8 Å². The molecule has 0 bridgehead atoms. The standard InChI is InChI=1S/C12H21N3O3/c1-12(2,3)18-11(16)15-4-5-17-10(8-15)9(6-13)7-14/h6-7,10,13H,4-5,8,14H2,1-3H3/b9-7+,13-6?. The first-order valence-corrected chi connectivity index (χ1v) is 5.89. The van der Waals surface area contributed by atoms with Crippen molar-refractivity contribution in [3.8, 4) is 0 Å². The summed E-state index contributed by atoms with van der Waals surface area (Å²) in [6.07, 6.45) is 1.76. The highest BCUT2D eigenvalue weighted by Gasteiger charge is 2.29. The van der Waals surface area contributed by atoms with Crippen molar-refractivity contribution in [2.24, 2.45) is 5.73 Å². The van der Waals surface area contributed by atoms with Crippen LogP contribution < -0.4 is 5.73 Å². The third-order valence-corrected chi connectivity index (χ3v) is 2.45. The van der Waals surface area contributed by atoms with Crippen molar-refractivity contribution in [2.75, 3.05) is 19.7 Å². The Kier molecular flexibility index (Phi) is 4.72. The summed E-state index contributed by atoms with van der Waals surface area (Å²) in [6.45, 7) is 6.73. The van der Waals surface area contributed by atoms with Crippen molar-refractivity contribution in [1.29, 1.82) is 5.41 Å². The lowest BCUT2D eigenvalue weighted by Gasteiger charge is -2.34. The molecule has 3 N–H and O–H groups in total. The van der Waals surface area contributed by atoms with Gasteiger partial charge in [-0.2, -0.15) is 0 Å². The lowest BCUT2D eigenvalue weighted by Crippen LogP contribution is -2.48. The van der Waals surface area contributed by atoms with E-state index in [1.165, 1.54) is 6.20 Å². The third-order valence-electron chi connectivity index (χ3n) is 2.45. The molecule has 1 atom stereocenters. The zero-order chi connectivity index (χ0) is 13.8. The molecule has 1 aliphatic heterocycles. The predicted molar refractivity (Wildman–Crippen MR) is 68.6 cm³/mol. The predicted octanol–water partition coefficient (Wildman–Crippen LogP) is 1.11. The number of nitrogens with zero attached hydrogens (tertiary/aromatic N) is 1. The Bertz CT molecular complexity index is 347. The molecule has 0 aromatic heterocycles. The number of nitrogens with one attached hydrogen (secondary N) is 1. The highest BCUT2D eigenvalue weighted by Crippen LogP contribution is 2.15. The van der Waals surface area contributed by atoms with Crippen molar-refractivity contribution in [2.45, 2.75) is 32.5 Å². The van der Waals surface area contributed by atoms with Crippen LogP contribution in [0.1, 0.15) is 20.8 Å². The van der Waals surface area contributed by atoms with E-state index < -0.39 is 5.60 Å². The summed E-state index contributed by atoms with van der Waals surface area (Å²) in [5.41, 5.74) is 5.45. The van der Waals surface area contributed by atoms with E-state index >= 15 is 0 Å². The van der Waals surface area contributed by atoms with E-state index in [-0.39, 0.29) is 12.2 Å². The van der Waals surface area contributed by atoms with Crippen LogP contribution in [0.3, 0.4) is 0 Å². The lowest BCUT2D eigenvalue weighted by molar-refractivity contribution is -0.0280. The number of nitrogens with two attached hydrogens (primary N) is 1. The molecule has 1 fully saturated rings. The Hall–Kier alpha value is -1.56. The normalized spacial score (nSPS) is 21.6. The smallest absolute Gasteiger partial charge is 0.410 e. The van der Waals surface area contributed by atoms with Gasteiger partial charge in [-0.25, -0.2) is 4.79 Å². The largest absolute Gasteiger partial charge is 0.444 e. The van der Waals surface area contributed by atoms with Crippen LogP contribution in [0.2, 0.25) is 0 Å². The van der Waals surface area contributed by atoms with Crippen LogP contribution in [0.5, 0.6) is 0 Å². The number of morpholine rings is 1. The molecule has 1 unspecified atom stereocenters. The number of hydrogen-bond acceptors (Lipinski definition) is 5. The molecule has 0 radical (unpaired) electrons. The molecule has 0 saturated carbocycles. The molecule has 102 valence electrons. The second-order valence-corrected chi connectivity index (χ2v) is 5.10. The monoisotopic (exact) mass is 255 g/mol. The molecule has 0 aliphatic carbocycles. The molecule has 1 aliphatic rings. The van der Waals surface area contributed by atoms with Crippen LogP contribution in [0, 0.1) is 5.41 Å². The number of rotatable bonds is 2. The molecule has 18 heavy (non-hydrogen) atoms. The minimum Gasteiger partial charge on any atom is -0.444 e.